The molecule has 1 N–H and O–H groups in total. The summed E-state index contributed by atoms with van der Waals surface area (Å²) in [6, 6.07) is 16.6. The number of carboxylic acid groups (broad SMARTS) is 1. The Hall–Kier alpha value is -3.14. The number of aromatic nitrogens is 2. The van der Waals surface area contributed by atoms with Gasteiger partial charge in [0.2, 0.25) is 0 Å². The lowest BCUT2D eigenvalue weighted by atomic mass is 10.0. The Morgan fingerprint density at radius 1 is 1.00 bits per heavy atom. The van der Waals surface area contributed by atoms with E-state index in [4.69, 9.17) is 0 Å². The maximum absolute atomic E-state index is 11.5. The molecule has 0 aliphatic rings. The SMILES string of the molecule is O=C([O-])c1cc(-c2c[nH]c3ccccc23)nc2ccccc12. The predicted molar refractivity (Wildman–Crippen MR) is 83.4 cm³/mol. The highest BCUT2D eigenvalue weighted by Gasteiger charge is 2.11. The molecule has 0 aliphatic carbocycles. The van der Waals surface area contributed by atoms with Gasteiger partial charge in [-0.3, -0.25) is 0 Å². The van der Waals surface area contributed by atoms with Gasteiger partial charge in [-0.2, -0.15) is 0 Å². The molecule has 0 unspecified atom stereocenters. The number of hydrogen-bond acceptors (Lipinski definition) is 3. The molecule has 4 nitrogen and oxygen atoms in total. The average molecular weight is 287 g/mol. The van der Waals surface area contributed by atoms with Crippen molar-refractivity contribution in [3.05, 3.63) is 66.4 Å². The third-order valence-electron chi connectivity index (χ3n) is 3.80. The normalized spacial score (nSPS) is 11.1. The average Bonchev–Trinajstić information content (AvgIpc) is 2.97. The van der Waals surface area contributed by atoms with Gasteiger partial charge in [-0.15, -0.1) is 0 Å². The summed E-state index contributed by atoms with van der Waals surface area (Å²) in [6.45, 7) is 0. The second kappa shape index (κ2) is 4.70. The molecular formula is C18H11N2O2-. The Morgan fingerprint density at radius 3 is 2.55 bits per heavy atom. The summed E-state index contributed by atoms with van der Waals surface area (Å²) in [5.41, 5.74) is 3.29. The van der Waals surface area contributed by atoms with Gasteiger partial charge in [0, 0.05) is 33.6 Å². The molecule has 2 aromatic heterocycles. The lowest BCUT2D eigenvalue weighted by Gasteiger charge is -2.10. The van der Waals surface area contributed by atoms with E-state index in [1.54, 1.807) is 24.3 Å². The van der Waals surface area contributed by atoms with Crippen LogP contribution in [0.25, 0.3) is 33.1 Å². The summed E-state index contributed by atoms with van der Waals surface area (Å²) in [5.74, 6) is -1.19. The number of carboxylic acids is 1. The second-order valence-electron chi connectivity index (χ2n) is 5.11. The fourth-order valence-corrected chi connectivity index (χ4v) is 2.77. The fraction of sp³-hybridized carbons (Fsp3) is 0. The maximum atomic E-state index is 11.5. The second-order valence-corrected chi connectivity index (χ2v) is 5.11. The molecule has 4 aromatic rings. The van der Waals surface area contributed by atoms with Crippen molar-refractivity contribution in [2.24, 2.45) is 0 Å². The molecule has 0 aliphatic heterocycles. The van der Waals surface area contributed by atoms with Crippen LogP contribution in [0.1, 0.15) is 10.4 Å². The summed E-state index contributed by atoms with van der Waals surface area (Å²) in [4.78, 5) is 19.2. The van der Waals surface area contributed by atoms with Gasteiger partial charge in [-0.25, -0.2) is 4.98 Å². The van der Waals surface area contributed by atoms with Crippen molar-refractivity contribution in [1.82, 2.24) is 9.97 Å². The number of fused-ring (bicyclic) bond motifs is 2. The number of aromatic carboxylic acids is 1. The zero-order chi connectivity index (χ0) is 15.1. The lowest BCUT2D eigenvalue weighted by molar-refractivity contribution is -0.254. The summed E-state index contributed by atoms with van der Waals surface area (Å²) < 4.78 is 0. The molecule has 2 heterocycles. The van der Waals surface area contributed by atoms with E-state index in [-0.39, 0.29) is 5.56 Å². The molecule has 106 valence electrons. The number of para-hydroxylation sites is 2. The summed E-state index contributed by atoms with van der Waals surface area (Å²) in [5, 5.41) is 13.1. The molecule has 0 saturated heterocycles. The van der Waals surface area contributed by atoms with Crippen LogP contribution >= 0.6 is 0 Å². The van der Waals surface area contributed by atoms with Gasteiger partial charge < -0.3 is 14.9 Å². The lowest BCUT2D eigenvalue weighted by Crippen LogP contribution is -2.22. The highest BCUT2D eigenvalue weighted by Crippen LogP contribution is 2.30. The van der Waals surface area contributed by atoms with Crippen LogP contribution in [0.2, 0.25) is 0 Å². The number of pyridine rings is 1. The minimum absolute atomic E-state index is 0.158. The van der Waals surface area contributed by atoms with Crippen molar-refractivity contribution >= 4 is 27.8 Å². The molecule has 0 atom stereocenters. The van der Waals surface area contributed by atoms with Crippen LogP contribution in [-0.4, -0.2) is 15.9 Å². The van der Waals surface area contributed by atoms with Gasteiger partial charge in [0.15, 0.2) is 0 Å². The molecule has 0 radical (unpaired) electrons. The molecule has 0 spiro atoms. The van der Waals surface area contributed by atoms with E-state index >= 15 is 0 Å². The monoisotopic (exact) mass is 287 g/mol. The molecule has 0 fully saturated rings. The maximum Gasteiger partial charge on any atom is 0.0737 e. The topological polar surface area (TPSA) is 68.8 Å². The number of nitrogens with one attached hydrogen (secondary N) is 1. The molecule has 2 aromatic carbocycles. The number of benzene rings is 2. The van der Waals surface area contributed by atoms with Gasteiger partial charge in [0.1, 0.15) is 0 Å². The highest BCUT2D eigenvalue weighted by molar-refractivity contribution is 6.04. The van der Waals surface area contributed by atoms with Crippen LogP contribution in [0, 0.1) is 0 Å². The number of rotatable bonds is 2. The molecule has 0 saturated carbocycles. The molecule has 0 amide bonds. The summed E-state index contributed by atoms with van der Waals surface area (Å²) in [7, 11) is 0. The predicted octanol–water partition coefficient (Wildman–Crippen LogP) is 2.75. The van der Waals surface area contributed by atoms with Gasteiger partial charge >= 0.3 is 0 Å². The number of hydrogen-bond donors (Lipinski definition) is 1. The quantitative estimate of drug-likeness (QED) is 0.616. The molecule has 22 heavy (non-hydrogen) atoms. The first kappa shape index (κ1) is 12.6. The standard InChI is InChI=1S/C18H12N2O2/c21-18(22)13-9-17(20-16-8-4-2-5-11(13)16)14-10-19-15-7-3-1-6-12(14)15/h1-10,19H,(H,21,22)/p-1. The van der Waals surface area contributed by atoms with E-state index in [0.717, 1.165) is 16.5 Å². The first-order valence-electron chi connectivity index (χ1n) is 6.91. The van der Waals surface area contributed by atoms with E-state index < -0.39 is 5.97 Å². The Balaban J connectivity index is 2.05. The van der Waals surface area contributed by atoms with E-state index in [9.17, 15) is 9.90 Å². The Morgan fingerprint density at radius 2 is 1.73 bits per heavy atom. The number of carbonyl (C=O) groups excluding carboxylic acids is 1. The van der Waals surface area contributed by atoms with Crippen LogP contribution in [0.15, 0.2) is 60.8 Å². The van der Waals surface area contributed by atoms with Crippen LogP contribution in [0.5, 0.6) is 0 Å². The molecular weight excluding hydrogens is 276 g/mol. The minimum Gasteiger partial charge on any atom is -0.545 e. The Kier molecular flexibility index (Phi) is 2.69. The van der Waals surface area contributed by atoms with Crippen molar-refractivity contribution in [1.29, 1.82) is 0 Å². The number of aromatic amines is 1. The van der Waals surface area contributed by atoms with Gasteiger partial charge in [-0.1, -0.05) is 36.4 Å². The van der Waals surface area contributed by atoms with Gasteiger partial charge in [-0.05, 0) is 18.2 Å². The number of nitrogens with zero attached hydrogens (tertiary/aromatic N) is 1. The zero-order valence-corrected chi connectivity index (χ0v) is 11.5. The number of carbonyl (C=O) groups is 1. The van der Waals surface area contributed by atoms with Crippen molar-refractivity contribution in [2.45, 2.75) is 0 Å². The smallest absolute Gasteiger partial charge is 0.0737 e. The third-order valence-corrected chi connectivity index (χ3v) is 3.80. The molecule has 4 heteroatoms. The highest BCUT2D eigenvalue weighted by atomic mass is 16.4. The van der Waals surface area contributed by atoms with Crippen LogP contribution in [-0.2, 0) is 0 Å². The van der Waals surface area contributed by atoms with Crippen molar-refractivity contribution in [3.63, 3.8) is 0 Å². The van der Waals surface area contributed by atoms with Crippen LogP contribution in [0.3, 0.4) is 0 Å². The molecule has 4 rings (SSSR count). The first-order chi connectivity index (χ1) is 10.7. The van der Waals surface area contributed by atoms with Crippen LogP contribution in [0.4, 0.5) is 0 Å². The molecule has 0 bridgehead atoms. The first-order valence-corrected chi connectivity index (χ1v) is 6.91. The van der Waals surface area contributed by atoms with Crippen molar-refractivity contribution < 1.29 is 9.90 Å². The van der Waals surface area contributed by atoms with E-state index in [1.165, 1.54) is 0 Å². The summed E-state index contributed by atoms with van der Waals surface area (Å²) >= 11 is 0. The third kappa shape index (κ3) is 1.85. The Bertz CT molecular complexity index is 1020. The van der Waals surface area contributed by atoms with E-state index in [0.29, 0.717) is 16.6 Å². The minimum atomic E-state index is -1.19. The van der Waals surface area contributed by atoms with Crippen molar-refractivity contribution in [3.8, 4) is 11.3 Å². The Labute approximate surface area is 126 Å². The summed E-state index contributed by atoms with van der Waals surface area (Å²) in [6.07, 6.45) is 1.85. The van der Waals surface area contributed by atoms with E-state index in [1.807, 2.05) is 36.5 Å². The van der Waals surface area contributed by atoms with Crippen LogP contribution < -0.4 is 5.11 Å². The number of H-pyrrole nitrogens is 1. The van der Waals surface area contributed by atoms with Gasteiger partial charge in [0.05, 0.1) is 17.2 Å². The van der Waals surface area contributed by atoms with Crippen molar-refractivity contribution in [2.75, 3.05) is 0 Å². The zero-order valence-electron chi connectivity index (χ0n) is 11.5. The fourth-order valence-electron chi connectivity index (χ4n) is 2.77. The van der Waals surface area contributed by atoms with E-state index in [2.05, 4.69) is 9.97 Å². The largest absolute Gasteiger partial charge is 0.545 e. The van der Waals surface area contributed by atoms with Gasteiger partial charge in [0.25, 0.3) is 0 Å².